The van der Waals surface area contributed by atoms with Gasteiger partial charge in [0.1, 0.15) is 5.38 Å². The molecule has 1 rings (SSSR count). The van der Waals surface area contributed by atoms with Gasteiger partial charge in [0, 0.05) is 19.6 Å². The molecular formula is C9H17ClN2O. The Labute approximate surface area is 84.6 Å². The third kappa shape index (κ3) is 3.16. The summed E-state index contributed by atoms with van der Waals surface area (Å²) < 4.78 is 0. The molecule has 0 aromatic heterocycles. The number of carbonyl (C=O) groups excluding carboxylic acids is 1. The van der Waals surface area contributed by atoms with Crippen molar-refractivity contribution in [3.05, 3.63) is 0 Å². The van der Waals surface area contributed by atoms with Crippen LogP contribution in [0.2, 0.25) is 0 Å². The van der Waals surface area contributed by atoms with Gasteiger partial charge >= 0.3 is 0 Å². The Morgan fingerprint density at radius 1 is 1.31 bits per heavy atom. The highest BCUT2D eigenvalue weighted by Crippen LogP contribution is 2.06. The van der Waals surface area contributed by atoms with Gasteiger partial charge in [-0.3, -0.25) is 4.79 Å². The quantitative estimate of drug-likeness (QED) is 0.590. The average molecular weight is 205 g/mol. The molecule has 1 fully saturated rings. The lowest BCUT2D eigenvalue weighted by Crippen LogP contribution is -2.38. The van der Waals surface area contributed by atoms with Crippen LogP contribution >= 0.6 is 11.6 Å². The molecule has 0 saturated carbocycles. The molecule has 1 atom stereocenters. The van der Waals surface area contributed by atoms with Crippen LogP contribution in [-0.4, -0.2) is 54.3 Å². The van der Waals surface area contributed by atoms with E-state index in [9.17, 15) is 4.79 Å². The van der Waals surface area contributed by atoms with Gasteiger partial charge in [-0.15, -0.1) is 11.6 Å². The van der Waals surface area contributed by atoms with Crippen molar-refractivity contribution in [3.63, 3.8) is 0 Å². The molecular weight excluding hydrogens is 188 g/mol. The third-order valence-electron chi connectivity index (χ3n) is 2.37. The lowest BCUT2D eigenvalue weighted by atomic mass is 10.3. The van der Waals surface area contributed by atoms with Crippen molar-refractivity contribution in [2.24, 2.45) is 0 Å². The Morgan fingerprint density at radius 2 is 2.00 bits per heavy atom. The van der Waals surface area contributed by atoms with Crippen molar-refractivity contribution in [1.82, 2.24) is 9.80 Å². The fraction of sp³-hybridized carbons (Fsp3) is 0.889. The maximum absolute atomic E-state index is 11.5. The molecule has 3 nitrogen and oxygen atoms in total. The van der Waals surface area contributed by atoms with Crippen molar-refractivity contribution in [2.75, 3.05) is 33.2 Å². The van der Waals surface area contributed by atoms with E-state index in [4.69, 9.17) is 11.6 Å². The minimum Gasteiger partial charge on any atom is -0.340 e. The van der Waals surface area contributed by atoms with Crippen LogP contribution < -0.4 is 0 Å². The fourth-order valence-electron chi connectivity index (χ4n) is 1.52. The average Bonchev–Trinajstić information content (AvgIpc) is 2.28. The number of likely N-dealkylation sites (N-methyl/N-ethyl adjacent to an activating group) is 1. The number of carbonyl (C=O) groups is 1. The minimum absolute atomic E-state index is 0.0666. The second-order valence-corrected chi connectivity index (χ2v) is 4.25. The first-order valence-electron chi connectivity index (χ1n) is 4.72. The molecule has 1 heterocycles. The van der Waals surface area contributed by atoms with E-state index in [1.807, 2.05) is 4.90 Å². The van der Waals surface area contributed by atoms with Crippen LogP contribution in [0.3, 0.4) is 0 Å². The number of amides is 1. The lowest BCUT2D eigenvalue weighted by molar-refractivity contribution is -0.130. The highest BCUT2D eigenvalue weighted by Gasteiger charge is 2.20. The van der Waals surface area contributed by atoms with Gasteiger partial charge in [-0.05, 0) is 26.9 Å². The van der Waals surface area contributed by atoms with Crippen LogP contribution in [0.1, 0.15) is 13.3 Å². The summed E-state index contributed by atoms with van der Waals surface area (Å²) in [4.78, 5) is 15.6. The van der Waals surface area contributed by atoms with Gasteiger partial charge < -0.3 is 9.80 Å². The molecule has 0 radical (unpaired) electrons. The Hall–Kier alpha value is -0.280. The van der Waals surface area contributed by atoms with Gasteiger partial charge in [-0.2, -0.15) is 0 Å². The van der Waals surface area contributed by atoms with Crippen molar-refractivity contribution >= 4 is 17.5 Å². The summed E-state index contributed by atoms with van der Waals surface area (Å²) in [6.45, 7) is 5.42. The van der Waals surface area contributed by atoms with Crippen molar-refractivity contribution in [3.8, 4) is 0 Å². The van der Waals surface area contributed by atoms with E-state index < -0.39 is 0 Å². The summed E-state index contributed by atoms with van der Waals surface area (Å²) in [6.07, 6.45) is 1.05. The Balaban J connectivity index is 2.46. The van der Waals surface area contributed by atoms with Crippen LogP contribution in [0.15, 0.2) is 0 Å². The summed E-state index contributed by atoms with van der Waals surface area (Å²) in [5.41, 5.74) is 0. The Bertz CT molecular complexity index is 184. The molecule has 4 heteroatoms. The number of halogens is 1. The smallest absolute Gasteiger partial charge is 0.240 e. The Kier molecular flexibility index (Phi) is 4.00. The number of alkyl halides is 1. The van der Waals surface area contributed by atoms with Gasteiger partial charge in [0.2, 0.25) is 5.91 Å². The highest BCUT2D eigenvalue weighted by atomic mass is 35.5. The number of rotatable bonds is 1. The standard InChI is InChI=1S/C9H17ClN2O/c1-8(10)9(13)12-5-3-4-11(2)6-7-12/h8H,3-7H2,1-2H3. The Morgan fingerprint density at radius 3 is 2.62 bits per heavy atom. The first-order chi connectivity index (χ1) is 6.11. The topological polar surface area (TPSA) is 23.6 Å². The second kappa shape index (κ2) is 4.82. The van der Waals surface area contributed by atoms with E-state index in [1.165, 1.54) is 0 Å². The van der Waals surface area contributed by atoms with E-state index in [1.54, 1.807) is 6.92 Å². The molecule has 13 heavy (non-hydrogen) atoms. The summed E-state index contributed by atoms with van der Waals surface area (Å²) in [5, 5.41) is -0.386. The monoisotopic (exact) mass is 204 g/mol. The number of nitrogens with zero attached hydrogens (tertiary/aromatic N) is 2. The molecule has 0 spiro atoms. The molecule has 0 aliphatic carbocycles. The third-order valence-corrected chi connectivity index (χ3v) is 2.56. The molecule has 0 bridgehead atoms. The first-order valence-corrected chi connectivity index (χ1v) is 5.16. The van der Waals surface area contributed by atoms with Crippen LogP contribution in [0, 0.1) is 0 Å². The zero-order valence-electron chi connectivity index (χ0n) is 8.29. The van der Waals surface area contributed by atoms with Gasteiger partial charge in [-0.1, -0.05) is 0 Å². The summed E-state index contributed by atoms with van der Waals surface area (Å²) >= 11 is 5.75. The van der Waals surface area contributed by atoms with Crippen LogP contribution in [0.25, 0.3) is 0 Å². The summed E-state index contributed by atoms with van der Waals surface area (Å²) in [5.74, 6) is 0.0666. The zero-order valence-corrected chi connectivity index (χ0v) is 9.05. The van der Waals surface area contributed by atoms with Gasteiger partial charge in [0.25, 0.3) is 0 Å². The van der Waals surface area contributed by atoms with Crippen molar-refractivity contribution in [2.45, 2.75) is 18.7 Å². The number of hydrogen-bond acceptors (Lipinski definition) is 2. The summed E-state index contributed by atoms with van der Waals surface area (Å²) in [7, 11) is 2.08. The highest BCUT2D eigenvalue weighted by molar-refractivity contribution is 6.30. The van der Waals surface area contributed by atoms with Gasteiger partial charge in [0.15, 0.2) is 0 Å². The van der Waals surface area contributed by atoms with E-state index in [2.05, 4.69) is 11.9 Å². The molecule has 1 amide bonds. The van der Waals surface area contributed by atoms with Crippen LogP contribution in [-0.2, 0) is 4.79 Å². The minimum atomic E-state index is -0.386. The predicted molar refractivity (Wildman–Crippen MR) is 54.0 cm³/mol. The van der Waals surface area contributed by atoms with Gasteiger partial charge in [0.05, 0.1) is 0 Å². The maximum atomic E-state index is 11.5. The first kappa shape index (κ1) is 10.8. The van der Waals surface area contributed by atoms with E-state index in [-0.39, 0.29) is 11.3 Å². The molecule has 0 N–H and O–H groups in total. The van der Waals surface area contributed by atoms with Gasteiger partial charge in [-0.25, -0.2) is 0 Å². The molecule has 0 aromatic carbocycles. The molecule has 1 aliphatic heterocycles. The van der Waals surface area contributed by atoms with Crippen LogP contribution in [0.5, 0.6) is 0 Å². The van der Waals surface area contributed by atoms with Crippen LogP contribution in [0.4, 0.5) is 0 Å². The molecule has 76 valence electrons. The fourth-order valence-corrected chi connectivity index (χ4v) is 1.66. The predicted octanol–water partition coefficient (Wildman–Crippen LogP) is 0.778. The zero-order chi connectivity index (χ0) is 9.84. The number of hydrogen-bond donors (Lipinski definition) is 0. The largest absolute Gasteiger partial charge is 0.340 e. The molecule has 1 unspecified atom stereocenters. The lowest BCUT2D eigenvalue weighted by Gasteiger charge is -2.21. The van der Waals surface area contributed by atoms with Crippen molar-refractivity contribution in [1.29, 1.82) is 0 Å². The summed E-state index contributed by atoms with van der Waals surface area (Å²) in [6, 6.07) is 0. The molecule has 1 aliphatic rings. The SMILES string of the molecule is CC(Cl)C(=O)N1CCCN(C)CC1. The normalized spacial score (nSPS) is 22.5. The molecule has 0 aromatic rings. The second-order valence-electron chi connectivity index (χ2n) is 3.60. The maximum Gasteiger partial charge on any atom is 0.240 e. The van der Waals surface area contributed by atoms with E-state index in [0.29, 0.717) is 0 Å². The van der Waals surface area contributed by atoms with E-state index in [0.717, 1.165) is 32.6 Å². The van der Waals surface area contributed by atoms with Crippen molar-refractivity contribution < 1.29 is 4.79 Å². The molecule has 1 saturated heterocycles. The van der Waals surface area contributed by atoms with E-state index >= 15 is 0 Å².